The van der Waals surface area contributed by atoms with Crippen LogP contribution in [0.25, 0.3) is 0 Å². The highest BCUT2D eigenvalue weighted by molar-refractivity contribution is 6.32. The van der Waals surface area contributed by atoms with Crippen molar-refractivity contribution in [2.45, 2.75) is 18.9 Å². The lowest BCUT2D eigenvalue weighted by Crippen LogP contribution is -2.40. The molecule has 20 heavy (non-hydrogen) atoms. The number of hydrogen-bond acceptors (Lipinski definition) is 3. The topological polar surface area (TPSA) is 75.6 Å². The van der Waals surface area contributed by atoms with Crippen LogP contribution in [0.3, 0.4) is 0 Å². The molecule has 1 aromatic rings. The number of para-hydroxylation sites is 1. The molecule has 0 heterocycles. The number of rotatable bonds is 8. The molecule has 0 radical (unpaired) electrons. The van der Waals surface area contributed by atoms with Gasteiger partial charge in [-0.15, -0.1) is 6.58 Å². The maximum Gasteiger partial charge on any atom is 0.326 e. The van der Waals surface area contributed by atoms with Crippen molar-refractivity contribution < 1.29 is 19.4 Å². The number of benzene rings is 1. The summed E-state index contributed by atoms with van der Waals surface area (Å²) in [7, 11) is 0. The van der Waals surface area contributed by atoms with Crippen molar-refractivity contribution in [2.75, 3.05) is 6.61 Å². The first kappa shape index (κ1) is 16.0. The molecule has 0 aliphatic heterocycles. The highest BCUT2D eigenvalue weighted by atomic mass is 35.5. The van der Waals surface area contributed by atoms with E-state index in [4.69, 9.17) is 21.4 Å². The fourth-order valence-corrected chi connectivity index (χ4v) is 1.66. The van der Waals surface area contributed by atoms with Gasteiger partial charge in [-0.3, -0.25) is 4.79 Å². The standard InChI is InChI=1S/C14H16ClNO4/c1-2-5-11(14(18)19)16-13(17)8-9-20-12-7-4-3-6-10(12)15/h2-4,6-7,11H,1,5,8-9H2,(H,16,17)(H,18,19). The van der Waals surface area contributed by atoms with Crippen LogP contribution in [0.2, 0.25) is 5.02 Å². The largest absolute Gasteiger partial charge is 0.491 e. The summed E-state index contributed by atoms with van der Waals surface area (Å²) in [6.45, 7) is 3.57. The maximum absolute atomic E-state index is 11.6. The van der Waals surface area contributed by atoms with Crippen molar-refractivity contribution in [1.82, 2.24) is 5.32 Å². The van der Waals surface area contributed by atoms with Crippen molar-refractivity contribution >= 4 is 23.5 Å². The monoisotopic (exact) mass is 297 g/mol. The molecule has 0 aliphatic carbocycles. The number of carbonyl (C=O) groups is 2. The van der Waals surface area contributed by atoms with E-state index in [1.54, 1.807) is 24.3 Å². The summed E-state index contributed by atoms with van der Waals surface area (Å²) in [6, 6.07) is 5.96. The van der Waals surface area contributed by atoms with Crippen LogP contribution in [0, 0.1) is 0 Å². The Bertz CT molecular complexity index is 490. The van der Waals surface area contributed by atoms with Crippen molar-refractivity contribution in [3.63, 3.8) is 0 Å². The molecule has 0 saturated heterocycles. The number of ether oxygens (including phenoxy) is 1. The molecule has 0 aliphatic rings. The number of amides is 1. The van der Waals surface area contributed by atoms with Crippen LogP contribution < -0.4 is 10.1 Å². The zero-order valence-corrected chi connectivity index (χ0v) is 11.6. The van der Waals surface area contributed by atoms with E-state index in [1.165, 1.54) is 6.08 Å². The van der Waals surface area contributed by atoms with Gasteiger partial charge in [0.25, 0.3) is 0 Å². The second-order valence-electron chi connectivity index (χ2n) is 4.01. The normalized spacial score (nSPS) is 11.4. The Hall–Kier alpha value is -2.01. The van der Waals surface area contributed by atoms with Gasteiger partial charge in [0.05, 0.1) is 18.1 Å². The Kier molecular flexibility index (Phi) is 6.59. The van der Waals surface area contributed by atoms with Gasteiger partial charge in [-0.25, -0.2) is 4.79 Å². The van der Waals surface area contributed by atoms with E-state index in [-0.39, 0.29) is 19.4 Å². The van der Waals surface area contributed by atoms with Gasteiger partial charge in [0.15, 0.2) is 0 Å². The average molecular weight is 298 g/mol. The summed E-state index contributed by atoms with van der Waals surface area (Å²) in [5.74, 6) is -1.00. The van der Waals surface area contributed by atoms with Crippen LogP contribution in [0.4, 0.5) is 0 Å². The smallest absolute Gasteiger partial charge is 0.326 e. The molecule has 1 amide bonds. The van der Waals surface area contributed by atoms with E-state index in [0.717, 1.165) is 0 Å². The number of carboxylic acid groups (broad SMARTS) is 1. The first-order valence-electron chi connectivity index (χ1n) is 6.05. The molecule has 0 bridgehead atoms. The van der Waals surface area contributed by atoms with E-state index in [2.05, 4.69) is 11.9 Å². The third-order valence-corrected chi connectivity index (χ3v) is 2.77. The molecule has 0 aromatic heterocycles. The third kappa shape index (κ3) is 5.32. The molecule has 0 saturated carbocycles. The molecule has 1 rings (SSSR count). The predicted octanol–water partition coefficient (Wildman–Crippen LogP) is 2.25. The van der Waals surface area contributed by atoms with Crippen molar-refractivity contribution in [1.29, 1.82) is 0 Å². The van der Waals surface area contributed by atoms with Gasteiger partial charge >= 0.3 is 5.97 Å². The van der Waals surface area contributed by atoms with E-state index < -0.39 is 17.9 Å². The minimum absolute atomic E-state index is 0.0478. The van der Waals surface area contributed by atoms with Crippen molar-refractivity contribution in [2.24, 2.45) is 0 Å². The van der Waals surface area contributed by atoms with Gasteiger partial charge in [-0.2, -0.15) is 0 Å². The van der Waals surface area contributed by atoms with Crippen LogP contribution in [-0.4, -0.2) is 29.6 Å². The molecule has 6 heteroatoms. The second kappa shape index (κ2) is 8.22. The SMILES string of the molecule is C=CCC(NC(=O)CCOc1ccccc1Cl)C(=O)O. The summed E-state index contributed by atoms with van der Waals surface area (Å²) in [5.41, 5.74) is 0. The Balaban J connectivity index is 2.38. The van der Waals surface area contributed by atoms with E-state index in [1.807, 2.05) is 0 Å². The maximum atomic E-state index is 11.6. The minimum Gasteiger partial charge on any atom is -0.491 e. The third-order valence-electron chi connectivity index (χ3n) is 2.46. The average Bonchev–Trinajstić information content (AvgIpc) is 2.40. The number of hydrogen-bond donors (Lipinski definition) is 2. The Morgan fingerprint density at radius 3 is 2.75 bits per heavy atom. The molecular weight excluding hydrogens is 282 g/mol. The highest BCUT2D eigenvalue weighted by Gasteiger charge is 2.17. The number of aliphatic carboxylic acids is 1. The van der Waals surface area contributed by atoms with Gasteiger partial charge < -0.3 is 15.2 Å². The quantitative estimate of drug-likeness (QED) is 0.722. The van der Waals surface area contributed by atoms with E-state index in [9.17, 15) is 9.59 Å². The Labute approximate surface area is 122 Å². The molecular formula is C14H16ClNO4. The number of halogens is 1. The molecule has 5 nitrogen and oxygen atoms in total. The first-order chi connectivity index (χ1) is 9.54. The van der Waals surface area contributed by atoms with Gasteiger partial charge in [0, 0.05) is 0 Å². The summed E-state index contributed by atoms with van der Waals surface area (Å²) in [5, 5.41) is 11.7. The number of carbonyl (C=O) groups excluding carboxylic acids is 1. The fraction of sp³-hybridized carbons (Fsp3) is 0.286. The first-order valence-corrected chi connectivity index (χ1v) is 6.42. The van der Waals surface area contributed by atoms with Gasteiger partial charge in [0.1, 0.15) is 11.8 Å². The highest BCUT2D eigenvalue weighted by Crippen LogP contribution is 2.22. The van der Waals surface area contributed by atoms with E-state index in [0.29, 0.717) is 10.8 Å². The van der Waals surface area contributed by atoms with Crippen LogP contribution in [0.5, 0.6) is 5.75 Å². The van der Waals surface area contributed by atoms with Crippen LogP contribution in [0.15, 0.2) is 36.9 Å². The summed E-state index contributed by atoms with van der Waals surface area (Å²) in [6.07, 6.45) is 1.66. The van der Waals surface area contributed by atoms with Gasteiger partial charge in [-0.1, -0.05) is 29.8 Å². The summed E-state index contributed by atoms with van der Waals surface area (Å²) >= 11 is 5.89. The molecule has 1 unspecified atom stereocenters. The van der Waals surface area contributed by atoms with Crippen LogP contribution >= 0.6 is 11.6 Å². The lowest BCUT2D eigenvalue weighted by atomic mass is 10.2. The summed E-state index contributed by atoms with van der Waals surface area (Å²) in [4.78, 5) is 22.4. The van der Waals surface area contributed by atoms with Gasteiger partial charge in [-0.05, 0) is 18.6 Å². The Morgan fingerprint density at radius 1 is 1.45 bits per heavy atom. The zero-order chi connectivity index (χ0) is 15.0. The van der Waals surface area contributed by atoms with Crippen molar-refractivity contribution in [3.8, 4) is 5.75 Å². The lowest BCUT2D eigenvalue weighted by molar-refractivity contribution is -0.141. The van der Waals surface area contributed by atoms with Crippen LogP contribution in [0.1, 0.15) is 12.8 Å². The molecule has 1 atom stereocenters. The second-order valence-corrected chi connectivity index (χ2v) is 4.42. The summed E-state index contributed by atoms with van der Waals surface area (Å²) < 4.78 is 5.35. The molecule has 1 aromatic carbocycles. The van der Waals surface area contributed by atoms with Crippen LogP contribution in [-0.2, 0) is 9.59 Å². The zero-order valence-electron chi connectivity index (χ0n) is 10.8. The fourth-order valence-electron chi connectivity index (χ4n) is 1.47. The van der Waals surface area contributed by atoms with Crippen molar-refractivity contribution in [3.05, 3.63) is 41.9 Å². The van der Waals surface area contributed by atoms with Gasteiger partial charge in [0.2, 0.25) is 5.91 Å². The minimum atomic E-state index is -1.09. The lowest BCUT2D eigenvalue weighted by Gasteiger charge is -2.13. The predicted molar refractivity (Wildman–Crippen MR) is 75.9 cm³/mol. The molecule has 108 valence electrons. The molecule has 0 spiro atoms. The molecule has 2 N–H and O–H groups in total. The van der Waals surface area contributed by atoms with E-state index >= 15 is 0 Å². The number of carboxylic acids is 1. The Morgan fingerprint density at radius 2 is 2.15 bits per heavy atom. The molecule has 0 fully saturated rings. The number of nitrogens with one attached hydrogen (secondary N) is 1.